The number of fused-ring (bicyclic) bond motifs is 3. The van der Waals surface area contributed by atoms with Crippen molar-refractivity contribution in [2.75, 3.05) is 18.6 Å². The number of carbonyl (C=O) groups excluding carboxylic acids is 3. The largest absolute Gasteiger partial charge is 0.497 e. The van der Waals surface area contributed by atoms with Crippen LogP contribution < -0.4 is 9.64 Å². The Labute approximate surface area is 179 Å². The van der Waals surface area contributed by atoms with E-state index in [2.05, 4.69) is 4.90 Å². The van der Waals surface area contributed by atoms with Crippen LogP contribution in [0, 0.1) is 11.8 Å². The normalized spacial score (nSPS) is 28.0. The molecule has 0 saturated carbocycles. The zero-order chi connectivity index (χ0) is 21.0. The summed E-state index contributed by atoms with van der Waals surface area (Å²) in [5, 5.41) is 0.549. The van der Waals surface area contributed by atoms with E-state index in [-0.39, 0.29) is 23.6 Å². The minimum atomic E-state index is -0.659. The molecule has 7 heteroatoms. The average molecular weight is 425 g/mol. The Morgan fingerprint density at radius 1 is 1.00 bits per heavy atom. The van der Waals surface area contributed by atoms with Gasteiger partial charge in [0.25, 0.3) is 0 Å². The number of hydrogen-bond donors (Lipinski definition) is 0. The number of methoxy groups -OCH3 is 1. The first-order valence-electron chi connectivity index (χ1n) is 10.1. The van der Waals surface area contributed by atoms with Crippen LogP contribution in [0.3, 0.4) is 0 Å². The summed E-state index contributed by atoms with van der Waals surface area (Å²) in [4.78, 5) is 43.6. The first kappa shape index (κ1) is 19.3. The second kappa shape index (κ2) is 7.22. The fraction of sp³-hybridized carbons (Fsp3) is 0.348. The predicted octanol–water partition coefficient (Wildman–Crippen LogP) is 3.18. The predicted molar refractivity (Wildman–Crippen MR) is 112 cm³/mol. The van der Waals surface area contributed by atoms with Gasteiger partial charge in [-0.2, -0.15) is 0 Å². The van der Waals surface area contributed by atoms with Crippen LogP contribution in [0.15, 0.2) is 48.5 Å². The Morgan fingerprint density at radius 3 is 2.33 bits per heavy atom. The smallest absolute Gasteiger partial charge is 0.239 e. The maximum absolute atomic E-state index is 13.5. The summed E-state index contributed by atoms with van der Waals surface area (Å²) in [7, 11) is 1.56. The summed E-state index contributed by atoms with van der Waals surface area (Å²) in [5.74, 6) is -1.12. The molecule has 3 aliphatic rings. The van der Waals surface area contributed by atoms with Crippen LogP contribution in [0.1, 0.15) is 23.2 Å². The van der Waals surface area contributed by atoms with Gasteiger partial charge in [0, 0.05) is 16.6 Å². The summed E-state index contributed by atoms with van der Waals surface area (Å²) < 4.78 is 5.17. The number of ether oxygens (including phenoxy) is 1. The molecule has 3 aliphatic heterocycles. The van der Waals surface area contributed by atoms with Gasteiger partial charge in [-0.15, -0.1) is 0 Å². The lowest BCUT2D eigenvalue weighted by Gasteiger charge is -2.27. The highest BCUT2D eigenvalue weighted by molar-refractivity contribution is 6.30. The molecule has 30 heavy (non-hydrogen) atoms. The molecule has 2 aromatic rings. The summed E-state index contributed by atoms with van der Waals surface area (Å²) in [6.45, 7) is 0.727. The van der Waals surface area contributed by atoms with E-state index in [0.29, 0.717) is 22.0 Å². The lowest BCUT2D eigenvalue weighted by atomic mass is 9.85. The molecular formula is C23H21ClN2O4. The highest BCUT2D eigenvalue weighted by atomic mass is 35.5. The highest BCUT2D eigenvalue weighted by Gasteiger charge is 2.64. The molecule has 0 aromatic heterocycles. The van der Waals surface area contributed by atoms with Crippen molar-refractivity contribution in [3.05, 3.63) is 59.1 Å². The number of nitrogens with zero attached hydrogens (tertiary/aromatic N) is 2. The Hall–Kier alpha value is -2.70. The molecule has 0 N–H and O–H groups in total. The van der Waals surface area contributed by atoms with E-state index in [4.69, 9.17) is 16.3 Å². The van der Waals surface area contributed by atoms with Crippen LogP contribution in [0.2, 0.25) is 5.02 Å². The number of hydrogen-bond acceptors (Lipinski definition) is 5. The van der Waals surface area contributed by atoms with Gasteiger partial charge in [-0.1, -0.05) is 11.6 Å². The molecule has 3 heterocycles. The third kappa shape index (κ3) is 2.78. The van der Waals surface area contributed by atoms with Gasteiger partial charge in [0.05, 0.1) is 30.7 Å². The van der Waals surface area contributed by atoms with Crippen LogP contribution in [0.25, 0.3) is 0 Å². The van der Waals surface area contributed by atoms with Crippen LogP contribution in [-0.4, -0.2) is 48.2 Å². The van der Waals surface area contributed by atoms with Gasteiger partial charge < -0.3 is 4.74 Å². The fourth-order valence-corrected chi connectivity index (χ4v) is 5.41. The zero-order valence-electron chi connectivity index (χ0n) is 16.5. The van der Waals surface area contributed by atoms with Crippen molar-refractivity contribution < 1.29 is 19.1 Å². The van der Waals surface area contributed by atoms with Crippen molar-refractivity contribution >= 4 is 34.9 Å². The summed E-state index contributed by atoms with van der Waals surface area (Å²) in [6, 6.07) is 12.9. The molecule has 2 aromatic carbocycles. The maximum Gasteiger partial charge on any atom is 0.239 e. The monoisotopic (exact) mass is 424 g/mol. The number of carbonyl (C=O) groups is 3. The van der Waals surface area contributed by atoms with Gasteiger partial charge in [-0.05, 0) is 67.9 Å². The van der Waals surface area contributed by atoms with Gasteiger partial charge in [0.1, 0.15) is 5.75 Å². The summed E-state index contributed by atoms with van der Waals surface area (Å²) >= 11 is 5.97. The second-order valence-corrected chi connectivity index (χ2v) is 8.46. The van der Waals surface area contributed by atoms with Crippen molar-refractivity contribution in [3.63, 3.8) is 0 Å². The molecule has 6 nitrogen and oxygen atoms in total. The number of imide groups is 1. The number of ketones is 1. The molecule has 3 saturated heterocycles. The van der Waals surface area contributed by atoms with Crippen molar-refractivity contribution in [1.82, 2.24) is 4.90 Å². The van der Waals surface area contributed by atoms with E-state index in [1.54, 1.807) is 55.6 Å². The van der Waals surface area contributed by atoms with E-state index < -0.39 is 17.9 Å². The van der Waals surface area contributed by atoms with Crippen molar-refractivity contribution in [1.29, 1.82) is 0 Å². The van der Waals surface area contributed by atoms with E-state index in [9.17, 15) is 14.4 Å². The SMILES string of the molecule is COc1ccc(N2C(=O)[C@@H]3[C@H](C2=O)[C@@H](C(=O)c2ccc(Cl)cc2)N2CCC[C@@H]32)cc1. The van der Waals surface area contributed by atoms with Gasteiger partial charge in [0.15, 0.2) is 5.78 Å². The van der Waals surface area contributed by atoms with Gasteiger partial charge in [0.2, 0.25) is 11.8 Å². The van der Waals surface area contributed by atoms with Crippen LogP contribution in [0.5, 0.6) is 5.75 Å². The van der Waals surface area contributed by atoms with Gasteiger partial charge >= 0.3 is 0 Å². The van der Waals surface area contributed by atoms with Crippen molar-refractivity contribution in [3.8, 4) is 5.75 Å². The molecule has 0 radical (unpaired) electrons. The topological polar surface area (TPSA) is 66.9 Å². The summed E-state index contributed by atoms with van der Waals surface area (Å²) in [6.07, 6.45) is 1.74. The van der Waals surface area contributed by atoms with Crippen LogP contribution in [0.4, 0.5) is 5.69 Å². The molecule has 5 rings (SSSR count). The molecule has 0 spiro atoms. The number of halogens is 1. The number of amides is 2. The number of rotatable bonds is 4. The number of anilines is 1. The van der Waals surface area contributed by atoms with E-state index in [0.717, 1.165) is 19.4 Å². The van der Waals surface area contributed by atoms with Crippen molar-refractivity contribution in [2.24, 2.45) is 11.8 Å². The molecular weight excluding hydrogens is 404 g/mol. The second-order valence-electron chi connectivity index (χ2n) is 8.02. The zero-order valence-corrected chi connectivity index (χ0v) is 17.2. The first-order chi connectivity index (χ1) is 14.5. The highest BCUT2D eigenvalue weighted by Crippen LogP contribution is 2.48. The lowest BCUT2D eigenvalue weighted by molar-refractivity contribution is -0.123. The molecule has 4 atom stereocenters. The van der Waals surface area contributed by atoms with Crippen LogP contribution in [-0.2, 0) is 9.59 Å². The Kier molecular flexibility index (Phi) is 4.64. The van der Waals surface area contributed by atoms with E-state index >= 15 is 0 Å². The van der Waals surface area contributed by atoms with E-state index in [1.165, 1.54) is 4.90 Å². The molecule has 3 fully saturated rings. The maximum atomic E-state index is 13.5. The molecule has 0 bridgehead atoms. The van der Waals surface area contributed by atoms with E-state index in [1.807, 2.05) is 0 Å². The molecule has 154 valence electrons. The quantitative estimate of drug-likeness (QED) is 0.557. The Balaban J connectivity index is 1.52. The molecule has 2 amide bonds. The first-order valence-corrected chi connectivity index (χ1v) is 10.5. The van der Waals surface area contributed by atoms with Gasteiger partial charge in [-0.3, -0.25) is 19.3 Å². The van der Waals surface area contributed by atoms with Gasteiger partial charge in [-0.25, -0.2) is 4.90 Å². The number of benzene rings is 2. The van der Waals surface area contributed by atoms with Crippen LogP contribution >= 0.6 is 11.6 Å². The minimum absolute atomic E-state index is 0.0732. The fourth-order valence-electron chi connectivity index (χ4n) is 5.29. The Morgan fingerprint density at radius 2 is 1.67 bits per heavy atom. The van der Waals surface area contributed by atoms with Crippen molar-refractivity contribution in [2.45, 2.75) is 24.9 Å². The lowest BCUT2D eigenvalue weighted by Crippen LogP contribution is -2.46. The third-order valence-electron chi connectivity index (χ3n) is 6.58. The third-order valence-corrected chi connectivity index (χ3v) is 6.83. The average Bonchev–Trinajstić information content (AvgIpc) is 3.40. The number of Topliss-reactive ketones (excluding diaryl/α,β-unsaturated/α-hetero) is 1. The summed E-state index contributed by atoms with van der Waals surface area (Å²) in [5.41, 5.74) is 1.03. The Bertz CT molecular complexity index is 1020. The minimum Gasteiger partial charge on any atom is -0.497 e. The standard InChI is InChI=1S/C23H21ClN2O4/c1-30-16-10-8-15(9-11-16)26-22(28)18-17-3-2-12-25(17)20(19(18)23(26)29)21(27)13-4-6-14(24)7-5-13/h4-11,17-20H,2-3,12H2,1H3/t17-,18-,19-,20-/m0/s1. The molecule has 0 aliphatic carbocycles. The molecule has 0 unspecified atom stereocenters.